The summed E-state index contributed by atoms with van der Waals surface area (Å²) >= 11 is 0. The predicted octanol–water partition coefficient (Wildman–Crippen LogP) is 0.903. The summed E-state index contributed by atoms with van der Waals surface area (Å²) < 4.78 is 5.35. The van der Waals surface area contributed by atoms with E-state index in [2.05, 4.69) is 11.9 Å². The molecule has 1 aliphatic rings. The van der Waals surface area contributed by atoms with E-state index in [0.29, 0.717) is 32.4 Å². The van der Waals surface area contributed by atoms with Crippen LogP contribution in [0.15, 0.2) is 43.0 Å². The van der Waals surface area contributed by atoms with Crippen molar-refractivity contribution in [3.63, 3.8) is 0 Å². The van der Waals surface area contributed by atoms with Crippen LogP contribution < -0.4 is 5.32 Å². The van der Waals surface area contributed by atoms with Gasteiger partial charge in [0.15, 0.2) is 0 Å². The molecule has 1 aromatic carbocycles. The maximum Gasteiger partial charge on any atom is 0.475 e. The molecule has 1 aromatic rings. The number of carbonyl (C=O) groups is 2. The molecule has 26 heavy (non-hydrogen) atoms. The molecule has 1 saturated heterocycles. The molecule has 1 fully saturated rings. The van der Waals surface area contributed by atoms with Crippen molar-refractivity contribution < 1.29 is 24.4 Å². The lowest BCUT2D eigenvalue weighted by Crippen LogP contribution is -2.49. The van der Waals surface area contributed by atoms with E-state index in [-0.39, 0.29) is 5.91 Å². The average Bonchev–Trinajstić information content (AvgIpc) is 2.65. The van der Waals surface area contributed by atoms with E-state index in [4.69, 9.17) is 4.74 Å². The molecule has 1 heterocycles. The molecular formula is C18H25BN2O5. The molecule has 7 nitrogen and oxygen atoms in total. The third kappa shape index (κ3) is 6.20. The summed E-state index contributed by atoms with van der Waals surface area (Å²) in [5, 5.41) is 21.5. The first-order valence-electron chi connectivity index (χ1n) is 8.78. The Morgan fingerprint density at radius 2 is 2.12 bits per heavy atom. The van der Waals surface area contributed by atoms with Gasteiger partial charge >= 0.3 is 13.2 Å². The number of ether oxygens (including phenoxy) is 1. The first-order chi connectivity index (χ1) is 12.5. The first kappa shape index (κ1) is 20.0. The normalized spacial score (nSPS) is 17.9. The Balaban J connectivity index is 1.83. The molecule has 0 radical (unpaired) electrons. The number of nitrogens with zero attached hydrogens (tertiary/aromatic N) is 1. The van der Waals surface area contributed by atoms with Crippen molar-refractivity contribution in [2.45, 2.75) is 37.7 Å². The zero-order valence-electron chi connectivity index (χ0n) is 14.7. The third-order valence-corrected chi connectivity index (χ3v) is 4.39. The number of rotatable bonds is 7. The summed E-state index contributed by atoms with van der Waals surface area (Å²) in [6, 6.07) is 9.59. The molecule has 0 aromatic heterocycles. The van der Waals surface area contributed by atoms with E-state index in [0.717, 1.165) is 12.0 Å². The minimum atomic E-state index is -1.68. The van der Waals surface area contributed by atoms with E-state index in [1.54, 1.807) is 4.90 Å². The standard InChI is InChI=1S/C18H25BN2O5/c1-2-17(22)21-12-6-9-15(13-21)26-18(23)20-16(19(24)25)11-10-14-7-4-3-5-8-14/h2-5,7-8,15-16,24-25H,1,6,9-13H2,(H,20,23)/t15-,16-/m0/s1. The van der Waals surface area contributed by atoms with Gasteiger partial charge in [0.25, 0.3) is 0 Å². The van der Waals surface area contributed by atoms with Gasteiger partial charge in [-0.15, -0.1) is 0 Å². The Morgan fingerprint density at radius 1 is 1.38 bits per heavy atom. The van der Waals surface area contributed by atoms with Crippen molar-refractivity contribution in [2.24, 2.45) is 0 Å². The number of aryl methyl sites for hydroxylation is 1. The fourth-order valence-corrected chi connectivity index (χ4v) is 2.96. The van der Waals surface area contributed by atoms with Gasteiger partial charge in [-0.05, 0) is 37.3 Å². The van der Waals surface area contributed by atoms with Crippen molar-refractivity contribution in [2.75, 3.05) is 13.1 Å². The lowest BCUT2D eigenvalue weighted by molar-refractivity contribution is -0.129. The minimum Gasteiger partial charge on any atom is -0.444 e. The number of carbonyl (C=O) groups excluding carboxylic acids is 2. The molecule has 0 unspecified atom stereocenters. The second-order valence-corrected chi connectivity index (χ2v) is 6.35. The number of piperidine rings is 1. The van der Waals surface area contributed by atoms with Crippen LogP contribution in [0.25, 0.3) is 0 Å². The Bertz CT molecular complexity index is 611. The van der Waals surface area contributed by atoms with E-state index in [9.17, 15) is 19.6 Å². The van der Waals surface area contributed by atoms with Gasteiger partial charge in [-0.2, -0.15) is 0 Å². The Morgan fingerprint density at radius 3 is 2.77 bits per heavy atom. The number of likely N-dealkylation sites (tertiary alicyclic amines) is 1. The molecule has 0 spiro atoms. The largest absolute Gasteiger partial charge is 0.475 e. The summed E-state index contributed by atoms with van der Waals surface area (Å²) in [4.78, 5) is 25.4. The number of hydrogen-bond acceptors (Lipinski definition) is 5. The monoisotopic (exact) mass is 360 g/mol. The summed E-state index contributed by atoms with van der Waals surface area (Å²) in [5.41, 5.74) is 1.04. The molecule has 2 amide bonds. The summed E-state index contributed by atoms with van der Waals surface area (Å²) in [5.74, 6) is -1.03. The van der Waals surface area contributed by atoms with Crippen LogP contribution in [0, 0.1) is 0 Å². The highest BCUT2D eigenvalue weighted by Gasteiger charge is 2.29. The smallest absolute Gasteiger partial charge is 0.444 e. The number of benzene rings is 1. The molecule has 2 rings (SSSR count). The van der Waals surface area contributed by atoms with Crippen LogP contribution in [0.1, 0.15) is 24.8 Å². The zero-order chi connectivity index (χ0) is 18.9. The van der Waals surface area contributed by atoms with Gasteiger partial charge in [-0.1, -0.05) is 36.9 Å². The summed E-state index contributed by atoms with van der Waals surface area (Å²) in [6.07, 6.45) is 2.45. The predicted molar refractivity (Wildman–Crippen MR) is 98.2 cm³/mol. The Labute approximate surface area is 153 Å². The highest BCUT2D eigenvalue weighted by molar-refractivity contribution is 6.43. The molecule has 3 N–H and O–H groups in total. The van der Waals surface area contributed by atoms with Crippen molar-refractivity contribution >= 4 is 19.1 Å². The molecule has 0 aliphatic carbocycles. The lowest BCUT2D eigenvalue weighted by Gasteiger charge is -2.32. The van der Waals surface area contributed by atoms with Crippen LogP contribution in [-0.2, 0) is 16.0 Å². The van der Waals surface area contributed by atoms with E-state index >= 15 is 0 Å². The van der Waals surface area contributed by atoms with Crippen LogP contribution >= 0.6 is 0 Å². The molecule has 8 heteroatoms. The highest BCUT2D eigenvalue weighted by Crippen LogP contribution is 2.14. The van der Waals surface area contributed by atoms with Crippen LogP contribution in [0.3, 0.4) is 0 Å². The molecule has 1 aliphatic heterocycles. The van der Waals surface area contributed by atoms with Crippen molar-refractivity contribution in [1.82, 2.24) is 10.2 Å². The Hall–Kier alpha value is -2.32. The number of nitrogens with one attached hydrogen (secondary N) is 1. The number of hydrogen-bond donors (Lipinski definition) is 3. The van der Waals surface area contributed by atoms with E-state index in [1.165, 1.54) is 6.08 Å². The van der Waals surface area contributed by atoms with Crippen LogP contribution in [0.5, 0.6) is 0 Å². The molecule has 140 valence electrons. The van der Waals surface area contributed by atoms with Crippen LogP contribution in [-0.4, -0.2) is 59.2 Å². The fraction of sp³-hybridized carbons (Fsp3) is 0.444. The van der Waals surface area contributed by atoms with E-state index in [1.807, 2.05) is 30.3 Å². The third-order valence-electron chi connectivity index (χ3n) is 4.39. The number of amides is 2. The topological polar surface area (TPSA) is 99.1 Å². The lowest BCUT2D eigenvalue weighted by atomic mass is 9.76. The minimum absolute atomic E-state index is 0.190. The van der Waals surface area contributed by atoms with Crippen molar-refractivity contribution in [1.29, 1.82) is 0 Å². The second-order valence-electron chi connectivity index (χ2n) is 6.35. The SMILES string of the molecule is C=CC(=O)N1CCC[C@H](OC(=O)N[C@@H](CCc2ccccc2)B(O)O)C1. The first-order valence-corrected chi connectivity index (χ1v) is 8.78. The highest BCUT2D eigenvalue weighted by atomic mass is 16.6. The molecular weight excluding hydrogens is 335 g/mol. The van der Waals surface area contributed by atoms with Gasteiger partial charge in [0.2, 0.25) is 5.91 Å². The van der Waals surface area contributed by atoms with Gasteiger partial charge in [0, 0.05) is 6.54 Å². The van der Waals surface area contributed by atoms with E-state index < -0.39 is 25.3 Å². The molecule has 0 saturated carbocycles. The van der Waals surface area contributed by atoms with Gasteiger partial charge in [-0.3, -0.25) is 4.79 Å². The fourth-order valence-electron chi connectivity index (χ4n) is 2.96. The molecule has 0 bridgehead atoms. The van der Waals surface area contributed by atoms with Gasteiger partial charge in [0.1, 0.15) is 6.10 Å². The summed E-state index contributed by atoms with van der Waals surface area (Å²) in [6.45, 7) is 4.39. The average molecular weight is 360 g/mol. The number of alkyl carbamates (subject to hydrolysis) is 1. The zero-order valence-corrected chi connectivity index (χ0v) is 14.7. The van der Waals surface area contributed by atoms with Crippen molar-refractivity contribution in [3.05, 3.63) is 48.6 Å². The maximum atomic E-state index is 12.1. The maximum absolute atomic E-state index is 12.1. The van der Waals surface area contributed by atoms with Gasteiger partial charge < -0.3 is 25.0 Å². The van der Waals surface area contributed by atoms with Crippen molar-refractivity contribution in [3.8, 4) is 0 Å². The van der Waals surface area contributed by atoms with Crippen LogP contribution in [0.4, 0.5) is 4.79 Å². The van der Waals surface area contributed by atoms with Gasteiger partial charge in [-0.25, -0.2) is 4.79 Å². The quantitative estimate of drug-likeness (QED) is 0.496. The summed E-state index contributed by atoms with van der Waals surface area (Å²) in [7, 11) is -1.68. The second kappa shape index (κ2) is 9.99. The van der Waals surface area contributed by atoms with Gasteiger partial charge in [0.05, 0.1) is 12.5 Å². The molecule has 2 atom stereocenters. The Kier molecular flexibility index (Phi) is 7.68. The van der Waals surface area contributed by atoms with Crippen LogP contribution in [0.2, 0.25) is 0 Å².